The first-order chi connectivity index (χ1) is 6.79. The highest BCUT2D eigenvalue weighted by molar-refractivity contribution is 7.13. The summed E-state index contributed by atoms with van der Waals surface area (Å²) in [5, 5.41) is 2.73. The summed E-state index contributed by atoms with van der Waals surface area (Å²) in [5.41, 5.74) is 7.50. The topological polar surface area (TPSA) is 56.0 Å². The number of nitrogens with two attached hydrogens (primary N) is 1. The Balaban J connectivity index is 2.54. The molecule has 4 heteroatoms. The summed E-state index contributed by atoms with van der Waals surface area (Å²) in [6.07, 6.45) is 3.53. The third-order valence-electron chi connectivity index (χ3n) is 1.75. The van der Waals surface area contributed by atoms with Crippen LogP contribution in [0, 0.1) is 0 Å². The van der Waals surface area contributed by atoms with Gasteiger partial charge in [0.25, 0.3) is 0 Å². The summed E-state index contributed by atoms with van der Waals surface area (Å²) >= 11 is 1.51. The van der Waals surface area contributed by atoms with E-state index in [0.717, 1.165) is 10.6 Å². The standard InChI is InChI=1S/C10H7N2OS/c11-9-4-7(6-13)3-8(5-9)10-12-1-2-14-10/h1-5H,11H2. The van der Waals surface area contributed by atoms with Gasteiger partial charge in [-0.2, -0.15) is 0 Å². The third-order valence-corrected chi connectivity index (χ3v) is 2.57. The van der Waals surface area contributed by atoms with Gasteiger partial charge in [0.1, 0.15) is 5.01 Å². The molecule has 0 atom stereocenters. The van der Waals surface area contributed by atoms with Gasteiger partial charge < -0.3 is 5.73 Å². The normalized spacial score (nSPS) is 10.0. The summed E-state index contributed by atoms with van der Waals surface area (Å²) in [4.78, 5) is 14.6. The molecular weight excluding hydrogens is 196 g/mol. The second-order valence-corrected chi connectivity index (χ2v) is 3.68. The maximum atomic E-state index is 10.5. The molecule has 0 aliphatic heterocycles. The van der Waals surface area contributed by atoms with Gasteiger partial charge in [-0.3, -0.25) is 4.79 Å². The highest BCUT2D eigenvalue weighted by Crippen LogP contribution is 2.24. The maximum Gasteiger partial charge on any atom is 0.233 e. The largest absolute Gasteiger partial charge is 0.399 e. The number of thiazole rings is 1. The van der Waals surface area contributed by atoms with Crippen LogP contribution in [0.3, 0.4) is 0 Å². The molecule has 1 aromatic heterocycles. The number of nitrogens with zero attached hydrogens (tertiary/aromatic N) is 1. The molecule has 0 spiro atoms. The molecule has 0 saturated carbocycles. The lowest BCUT2D eigenvalue weighted by Crippen LogP contribution is -1.89. The predicted molar refractivity (Wildman–Crippen MR) is 56.8 cm³/mol. The number of nitrogen functional groups attached to an aromatic ring is 1. The fourth-order valence-corrected chi connectivity index (χ4v) is 1.83. The van der Waals surface area contributed by atoms with Crippen LogP contribution in [-0.4, -0.2) is 11.3 Å². The fraction of sp³-hybridized carbons (Fsp3) is 0. The van der Waals surface area contributed by atoms with E-state index in [4.69, 9.17) is 5.73 Å². The molecule has 0 saturated heterocycles. The molecular formula is C10H7N2OS. The van der Waals surface area contributed by atoms with Crippen molar-refractivity contribution < 1.29 is 4.79 Å². The average molecular weight is 203 g/mol. The Hall–Kier alpha value is -1.68. The number of carbonyl (C=O) groups excluding carboxylic acids is 1. The lowest BCUT2D eigenvalue weighted by molar-refractivity contribution is 0.563. The van der Waals surface area contributed by atoms with Crippen molar-refractivity contribution in [3.05, 3.63) is 35.3 Å². The number of benzene rings is 1. The second kappa shape index (κ2) is 3.59. The van der Waals surface area contributed by atoms with Crippen molar-refractivity contribution in [1.29, 1.82) is 0 Å². The van der Waals surface area contributed by atoms with Crippen LogP contribution < -0.4 is 5.73 Å². The van der Waals surface area contributed by atoms with Crippen LogP contribution in [0.1, 0.15) is 5.56 Å². The van der Waals surface area contributed by atoms with Gasteiger partial charge in [-0.05, 0) is 18.2 Å². The first-order valence-electron chi connectivity index (χ1n) is 3.98. The fourth-order valence-electron chi connectivity index (χ4n) is 1.20. The summed E-state index contributed by atoms with van der Waals surface area (Å²) in [5.74, 6) is 0. The Morgan fingerprint density at radius 3 is 2.86 bits per heavy atom. The Morgan fingerprint density at radius 1 is 1.36 bits per heavy atom. The first kappa shape index (κ1) is 8.90. The van der Waals surface area contributed by atoms with Gasteiger partial charge in [-0.15, -0.1) is 11.3 Å². The van der Waals surface area contributed by atoms with Gasteiger partial charge in [-0.25, -0.2) is 4.98 Å². The minimum absolute atomic E-state index is 0.454. The molecule has 1 aromatic carbocycles. The summed E-state index contributed by atoms with van der Waals surface area (Å²) in [6.45, 7) is 0. The molecule has 3 nitrogen and oxygen atoms in total. The highest BCUT2D eigenvalue weighted by atomic mass is 32.1. The number of rotatable bonds is 2. The Morgan fingerprint density at radius 2 is 2.21 bits per heavy atom. The summed E-state index contributed by atoms with van der Waals surface area (Å²) in [6, 6.07) is 5.10. The molecule has 2 rings (SSSR count). The highest BCUT2D eigenvalue weighted by Gasteiger charge is 2.03. The molecule has 14 heavy (non-hydrogen) atoms. The number of anilines is 1. The Kier molecular flexibility index (Phi) is 2.28. The molecule has 2 N–H and O–H groups in total. The van der Waals surface area contributed by atoms with Crippen molar-refractivity contribution in [2.45, 2.75) is 0 Å². The maximum absolute atomic E-state index is 10.5. The van der Waals surface area contributed by atoms with Crippen molar-refractivity contribution in [2.24, 2.45) is 0 Å². The predicted octanol–water partition coefficient (Wildman–Crippen LogP) is 1.85. The van der Waals surface area contributed by atoms with E-state index in [2.05, 4.69) is 4.98 Å². The van der Waals surface area contributed by atoms with Crippen molar-refractivity contribution in [2.75, 3.05) is 5.73 Å². The first-order valence-corrected chi connectivity index (χ1v) is 4.86. The van der Waals surface area contributed by atoms with E-state index >= 15 is 0 Å². The molecule has 0 unspecified atom stereocenters. The zero-order valence-corrected chi connectivity index (χ0v) is 8.04. The van der Waals surface area contributed by atoms with E-state index in [0.29, 0.717) is 11.3 Å². The SMILES string of the molecule is Nc1cc([C]=O)cc(-c2nccs2)c1. The van der Waals surface area contributed by atoms with Crippen LogP contribution in [0.15, 0.2) is 29.8 Å². The smallest absolute Gasteiger partial charge is 0.233 e. The lowest BCUT2D eigenvalue weighted by atomic mass is 10.1. The zero-order valence-electron chi connectivity index (χ0n) is 7.23. The van der Waals surface area contributed by atoms with Crippen molar-refractivity contribution in [3.63, 3.8) is 0 Å². The Labute approximate surface area is 85.2 Å². The number of aromatic nitrogens is 1. The number of hydrogen-bond donors (Lipinski definition) is 1. The molecule has 0 aliphatic rings. The van der Waals surface area contributed by atoms with Crippen LogP contribution >= 0.6 is 11.3 Å². The van der Waals surface area contributed by atoms with Crippen LogP contribution in [-0.2, 0) is 4.79 Å². The van der Waals surface area contributed by atoms with Crippen LogP contribution in [0.2, 0.25) is 0 Å². The van der Waals surface area contributed by atoms with E-state index in [9.17, 15) is 4.79 Å². The molecule has 0 amide bonds. The second-order valence-electron chi connectivity index (χ2n) is 2.78. The Bertz CT molecular complexity index is 451. The molecule has 1 radical (unpaired) electrons. The quantitative estimate of drug-likeness (QED) is 0.758. The summed E-state index contributed by atoms with van der Waals surface area (Å²) in [7, 11) is 0. The summed E-state index contributed by atoms with van der Waals surface area (Å²) < 4.78 is 0. The van der Waals surface area contributed by atoms with Gasteiger partial charge >= 0.3 is 0 Å². The third kappa shape index (κ3) is 1.65. The van der Waals surface area contributed by atoms with E-state index in [1.165, 1.54) is 11.3 Å². The van der Waals surface area contributed by atoms with Crippen LogP contribution in [0.25, 0.3) is 10.6 Å². The van der Waals surface area contributed by atoms with Crippen LogP contribution in [0.5, 0.6) is 0 Å². The van der Waals surface area contributed by atoms with Gasteiger partial charge in [0.05, 0.1) is 0 Å². The molecule has 0 fully saturated rings. The molecule has 2 aromatic rings. The lowest BCUT2D eigenvalue weighted by Gasteiger charge is -1.99. The van der Waals surface area contributed by atoms with Gasteiger partial charge in [0.15, 0.2) is 0 Å². The van der Waals surface area contributed by atoms with Gasteiger partial charge in [0.2, 0.25) is 6.29 Å². The number of hydrogen-bond acceptors (Lipinski definition) is 4. The van der Waals surface area contributed by atoms with E-state index in [-0.39, 0.29) is 0 Å². The van der Waals surface area contributed by atoms with E-state index in [1.807, 2.05) is 11.7 Å². The van der Waals surface area contributed by atoms with Crippen molar-refractivity contribution >= 4 is 23.3 Å². The molecule has 1 heterocycles. The van der Waals surface area contributed by atoms with E-state index in [1.54, 1.807) is 24.4 Å². The van der Waals surface area contributed by atoms with Gasteiger partial charge in [-0.1, -0.05) is 0 Å². The van der Waals surface area contributed by atoms with Crippen molar-refractivity contribution in [1.82, 2.24) is 4.98 Å². The minimum atomic E-state index is 0.454. The van der Waals surface area contributed by atoms with Crippen molar-refractivity contribution in [3.8, 4) is 10.6 Å². The zero-order chi connectivity index (χ0) is 9.97. The minimum Gasteiger partial charge on any atom is -0.399 e. The monoisotopic (exact) mass is 203 g/mol. The van der Waals surface area contributed by atoms with Gasteiger partial charge in [0, 0.05) is 28.4 Å². The molecule has 69 valence electrons. The van der Waals surface area contributed by atoms with Crippen LogP contribution in [0.4, 0.5) is 5.69 Å². The average Bonchev–Trinajstić information content (AvgIpc) is 2.69. The van der Waals surface area contributed by atoms with E-state index < -0.39 is 0 Å². The molecule has 0 aliphatic carbocycles. The molecule has 0 bridgehead atoms.